The van der Waals surface area contributed by atoms with Crippen LogP contribution in [0.25, 0.3) is 0 Å². The Labute approximate surface area is 99.5 Å². The highest BCUT2D eigenvalue weighted by atomic mass is 35.5. The molecule has 0 aliphatic carbocycles. The number of fused-ring (bicyclic) bond motifs is 1. The van der Waals surface area contributed by atoms with Gasteiger partial charge in [-0.15, -0.1) is 0 Å². The fourth-order valence-corrected chi connectivity index (χ4v) is 2.41. The van der Waals surface area contributed by atoms with Gasteiger partial charge in [0, 0.05) is 10.6 Å². The molecule has 2 atom stereocenters. The summed E-state index contributed by atoms with van der Waals surface area (Å²) in [7, 11) is 0. The van der Waals surface area contributed by atoms with Crippen LogP contribution in [-0.2, 0) is 0 Å². The summed E-state index contributed by atoms with van der Waals surface area (Å²) < 4.78 is 5.70. The fraction of sp³-hybridized carbons (Fsp3) is 0.455. The first-order valence-electron chi connectivity index (χ1n) is 5.03. The predicted molar refractivity (Wildman–Crippen MR) is 63.0 cm³/mol. The number of nitrogens with one attached hydrogen (secondary N) is 1. The van der Waals surface area contributed by atoms with Crippen LogP contribution in [0.15, 0.2) is 12.1 Å². The Balaban J connectivity index is 2.47. The smallest absolute Gasteiger partial charge is 0.144 e. The molecule has 2 nitrogen and oxygen atoms in total. The lowest BCUT2D eigenvalue weighted by Gasteiger charge is -2.15. The van der Waals surface area contributed by atoms with Crippen LogP contribution in [-0.4, -0.2) is 12.6 Å². The number of hydrogen-bond acceptors (Lipinski definition) is 2. The van der Waals surface area contributed by atoms with Gasteiger partial charge in [0.15, 0.2) is 0 Å². The molecular weight excluding hydrogens is 233 g/mol. The van der Waals surface area contributed by atoms with Gasteiger partial charge >= 0.3 is 0 Å². The van der Waals surface area contributed by atoms with Crippen LogP contribution in [0.3, 0.4) is 0 Å². The number of halogens is 2. The van der Waals surface area contributed by atoms with Gasteiger partial charge in [-0.05, 0) is 25.6 Å². The molecule has 1 aromatic rings. The molecule has 0 fully saturated rings. The topological polar surface area (TPSA) is 21.3 Å². The molecule has 0 bridgehead atoms. The van der Waals surface area contributed by atoms with E-state index in [9.17, 15) is 0 Å². The van der Waals surface area contributed by atoms with E-state index in [1.807, 2.05) is 13.0 Å². The first kappa shape index (κ1) is 11.1. The van der Waals surface area contributed by atoms with Crippen molar-refractivity contribution in [2.45, 2.75) is 26.0 Å². The third-order valence-electron chi connectivity index (χ3n) is 2.60. The van der Waals surface area contributed by atoms with Gasteiger partial charge in [-0.1, -0.05) is 30.1 Å². The highest BCUT2D eigenvalue weighted by Gasteiger charge is 2.34. The van der Waals surface area contributed by atoms with Gasteiger partial charge in [0.2, 0.25) is 0 Å². The lowest BCUT2D eigenvalue weighted by molar-refractivity contribution is 0.211. The van der Waals surface area contributed by atoms with E-state index in [1.54, 1.807) is 6.07 Å². The largest absolute Gasteiger partial charge is 0.487 e. The third kappa shape index (κ3) is 1.82. The van der Waals surface area contributed by atoms with Gasteiger partial charge in [0.05, 0.1) is 11.1 Å². The van der Waals surface area contributed by atoms with E-state index in [0.717, 1.165) is 17.9 Å². The van der Waals surface area contributed by atoms with Crippen molar-refractivity contribution in [2.24, 2.45) is 0 Å². The first-order chi connectivity index (χ1) is 7.15. The Hall–Kier alpha value is -0.440. The molecule has 1 heterocycles. The Morgan fingerprint density at radius 3 is 2.67 bits per heavy atom. The monoisotopic (exact) mass is 245 g/mol. The molecule has 0 aromatic heterocycles. The van der Waals surface area contributed by atoms with E-state index in [0.29, 0.717) is 10.0 Å². The molecule has 1 N–H and O–H groups in total. The number of ether oxygens (including phenoxy) is 1. The van der Waals surface area contributed by atoms with E-state index >= 15 is 0 Å². The summed E-state index contributed by atoms with van der Waals surface area (Å²) in [5.41, 5.74) is 0.985. The van der Waals surface area contributed by atoms with Crippen LogP contribution in [0.1, 0.15) is 25.5 Å². The molecule has 0 saturated heterocycles. The van der Waals surface area contributed by atoms with E-state index < -0.39 is 0 Å². The minimum atomic E-state index is 0.0670. The molecule has 15 heavy (non-hydrogen) atoms. The van der Waals surface area contributed by atoms with E-state index in [1.165, 1.54) is 0 Å². The van der Waals surface area contributed by atoms with Crippen LogP contribution in [0, 0.1) is 0 Å². The minimum absolute atomic E-state index is 0.0670. The predicted octanol–water partition coefficient (Wildman–Crippen LogP) is 3.42. The average Bonchev–Trinajstić information content (AvgIpc) is 2.53. The zero-order chi connectivity index (χ0) is 11.0. The second-order valence-electron chi connectivity index (χ2n) is 3.63. The Kier molecular flexibility index (Phi) is 3.10. The van der Waals surface area contributed by atoms with E-state index in [-0.39, 0.29) is 12.1 Å². The molecule has 0 amide bonds. The zero-order valence-electron chi connectivity index (χ0n) is 8.68. The third-order valence-corrected chi connectivity index (χ3v) is 3.23. The van der Waals surface area contributed by atoms with Crippen molar-refractivity contribution in [3.63, 3.8) is 0 Å². The molecule has 0 spiro atoms. The molecule has 4 heteroatoms. The summed E-state index contributed by atoms with van der Waals surface area (Å²) in [5.74, 6) is 0.725. The SMILES string of the molecule is CCNC1c2c(Cl)ccc(Cl)c2OC1C. The standard InChI is InChI=1S/C11H13Cl2NO/c1-3-14-10-6(2)15-11-8(13)5-4-7(12)9(10)11/h4-6,10,14H,3H2,1-2H3. The van der Waals surface area contributed by atoms with Gasteiger partial charge in [-0.2, -0.15) is 0 Å². The number of benzene rings is 1. The molecular formula is C11H13Cl2NO. The van der Waals surface area contributed by atoms with Crippen molar-refractivity contribution in [1.82, 2.24) is 5.32 Å². The van der Waals surface area contributed by atoms with Crippen molar-refractivity contribution in [2.75, 3.05) is 6.54 Å². The van der Waals surface area contributed by atoms with E-state index in [2.05, 4.69) is 12.2 Å². The highest BCUT2D eigenvalue weighted by Crippen LogP contribution is 2.45. The molecule has 1 aromatic carbocycles. The maximum atomic E-state index is 6.16. The summed E-state index contributed by atoms with van der Waals surface area (Å²) in [6.07, 6.45) is 0.0670. The normalized spacial score (nSPS) is 23.7. The van der Waals surface area contributed by atoms with Gasteiger partial charge in [0.25, 0.3) is 0 Å². The Morgan fingerprint density at radius 2 is 2.00 bits per heavy atom. The maximum absolute atomic E-state index is 6.16. The molecule has 0 radical (unpaired) electrons. The molecule has 2 unspecified atom stereocenters. The van der Waals surface area contributed by atoms with Gasteiger partial charge in [-0.3, -0.25) is 0 Å². The summed E-state index contributed by atoms with van der Waals surface area (Å²) in [6.45, 7) is 4.95. The summed E-state index contributed by atoms with van der Waals surface area (Å²) in [5, 5.41) is 4.69. The second-order valence-corrected chi connectivity index (χ2v) is 4.44. The molecule has 82 valence electrons. The molecule has 2 rings (SSSR count). The Morgan fingerprint density at radius 1 is 1.33 bits per heavy atom. The van der Waals surface area contributed by atoms with Crippen LogP contribution >= 0.6 is 23.2 Å². The highest BCUT2D eigenvalue weighted by molar-refractivity contribution is 6.35. The summed E-state index contributed by atoms with van der Waals surface area (Å²) >= 11 is 12.2. The zero-order valence-corrected chi connectivity index (χ0v) is 10.2. The first-order valence-corrected chi connectivity index (χ1v) is 5.78. The molecule has 1 aliphatic heterocycles. The van der Waals surface area contributed by atoms with E-state index in [4.69, 9.17) is 27.9 Å². The molecule has 0 saturated carbocycles. The van der Waals surface area contributed by atoms with Crippen molar-refractivity contribution in [1.29, 1.82) is 0 Å². The maximum Gasteiger partial charge on any atom is 0.144 e. The van der Waals surface area contributed by atoms with Gasteiger partial charge in [0.1, 0.15) is 11.9 Å². The van der Waals surface area contributed by atoms with Gasteiger partial charge in [-0.25, -0.2) is 0 Å². The summed E-state index contributed by atoms with van der Waals surface area (Å²) in [6, 6.07) is 3.72. The number of likely N-dealkylation sites (N-methyl/N-ethyl adjacent to an activating group) is 1. The number of hydrogen-bond donors (Lipinski definition) is 1. The lowest BCUT2D eigenvalue weighted by Crippen LogP contribution is -2.28. The van der Waals surface area contributed by atoms with Crippen molar-refractivity contribution < 1.29 is 4.74 Å². The summed E-state index contributed by atoms with van der Waals surface area (Å²) in [4.78, 5) is 0. The average molecular weight is 246 g/mol. The minimum Gasteiger partial charge on any atom is -0.487 e. The Bertz CT molecular complexity index is 381. The van der Waals surface area contributed by atoms with Crippen molar-refractivity contribution in [3.8, 4) is 5.75 Å². The van der Waals surface area contributed by atoms with Crippen LogP contribution in [0.2, 0.25) is 10.0 Å². The van der Waals surface area contributed by atoms with Crippen LogP contribution in [0.5, 0.6) is 5.75 Å². The van der Waals surface area contributed by atoms with Crippen LogP contribution < -0.4 is 10.1 Å². The quantitative estimate of drug-likeness (QED) is 0.863. The van der Waals surface area contributed by atoms with Gasteiger partial charge < -0.3 is 10.1 Å². The second kappa shape index (κ2) is 4.20. The van der Waals surface area contributed by atoms with Crippen molar-refractivity contribution in [3.05, 3.63) is 27.7 Å². The molecule has 1 aliphatic rings. The van der Waals surface area contributed by atoms with Crippen LogP contribution in [0.4, 0.5) is 0 Å². The fourth-order valence-electron chi connectivity index (χ4n) is 1.94. The number of rotatable bonds is 2. The lowest BCUT2D eigenvalue weighted by atomic mass is 10.0. The van der Waals surface area contributed by atoms with Crippen molar-refractivity contribution >= 4 is 23.2 Å².